The molecule has 0 bridgehead atoms. The van der Waals surface area contributed by atoms with E-state index in [0.29, 0.717) is 18.7 Å². The van der Waals surface area contributed by atoms with E-state index in [-0.39, 0.29) is 11.6 Å². The zero-order valence-corrected chi connectivity index (χ0v) is 12.8. The molecule has 0 heterocycles. The van der Waals surface area contributed by atoms with E-state index in [1.807, 2.05) is 30.3 Å². The van der Waals surface area contributed by atoms with E-state index in [9.17, 15) is 14.6 Å². The Morgan fingerprint density at radius 1 is 1.14 bits per heavy atom. The van der Waals surface area contributed by atoms with Crippen molar-refractivity contribution in [2.75, 3.05) is 13.2 Å². The van der Waals surface area contributed by atoms with Gasteiger partial charge in [-0.2, -0.15) is 0 Å². The lowest BCUT2D eigenvalue weighted by Crippen LogP contribution is -2.29. The summed E-state index contributed by atoms with van der Waals surface area (Å²) >= 11 is 5.63. The minimum absolute atomic E-state index is 0.0127. The van der Waals surface area contributed by atoms with E-state index in [2.05, 4.69) is 5.32 Å². The molecule has 3 nitrogen and oxygen atoms in total. The Bertz CT molecular complexity index is 594. The van der Waals surface area contributed by atoms with Crippen LogP contribution in [-0.4, -0.2) is 23.4 Å². The molecule has 22 heavy (non-hydrogen) atoms. The molecule has 0 aliphatic carbocycles. The van der Waals surface area contributed by atoms with Crippen molar-refractivity contribution in [2.24, 2.45) is 5.92 Å². The average Bonchev–Trinajstić information content (AvgIpc) is 2.54. The van der Waals surface area contributed by atoms with Gasteiger partial charge in [-0.15, -0.1) is 0 Å². The molecule has 2 aromatic carbocycles. The molecular formula is C17H19ClFNO2. The molecule has 5 heteroatoms. The maximum absolute atomic E-state index is 13.5. The van der Waals surface area contributed by atoms with Crippen LogP contribution in [0, 0.1) is 11.7 Å². The Hall–Kier alpha value is -1.46. The topological polar surface area (TPSA) is 52.5 Å². The van der Waals surface area contributed by atoms with Gasteiger partial charge in [0.2, 0.25) is 0 Å². The number of nitrogens with one attached hydrogen (secondary N) is 1. The fourth-order valence-electron chi connectivity index (χ4n) is 2.24. The fourth-order valence-corrected chi connectivity index (χ4v) is 2.36. The van der Waals surface area contributed by atoms with Gasteiger partial charge in [0.25, 0.3) is 0 Å². The molecule has 0 saturated heterocycles. The van der Waals surface area contributed by atoms with Crippen molar-refractivity contribution in [3.05, 3.63) is 70.5 Å². The number of benzene rings is 2. The Balaban J connectivity index is 1.93. The van der Waals surface area contributed by atoms with E-state index in [1.165, 1.54) is 12.1 Å². The summed E-state index contributed by atoms with van der Waals surface area (Å²) < 4.78 is 13.5. The summed E-state index contributed by atoms with van der Waals surface area (Å²) in [7, 11) is 0. The molecule has 0 aromatic heterocycles. The normalized spacial score (nSPS) is 13.8. The molecule has 0 saturated carbocycles. The smallest absolute Gasteiger partial charge is 0.142 e. The summed E-state index contributed by atoms with van der Waals surface area (Å²) in [5.41, 5.74) is 1.52. The van der Waals surface area contributed by atoms with Crippen LogP contribution in [0.1, 0.15) is 17.2 Å². The van der Waals surface area contributed by atoms with Gasteiger partial charge in [-0.25, -0.2) is 4.39 Å². The second-order valence-electron chi connectivity index (χ2n) is 5.18. The number of aliphatic hydroxyl groups excluding tert-OH is 2. The molecular weight excluding hydrogens is 305 g/mol. The van der Waals surface area contributed by atoms with Gasteiger partial charge < -0.3 is 15.5 Å². The molecule has 2 aromatic rings. The van der Waals surface area contributed by atoms with Crippen molar-refractivity contribution >= 4 is 11.6 Å². The first kappa shape index (κ1) is 16.9. The predicted octanol–water partition coefficient (Wildman–Crippen LogP) is 2.91. The maximum atomic E-state index is 13.5. The standard InChI is InChI=1S/C17H19ClFNO2/c18-15-7-6-13(8-16(15)19)17(22)14(11-21)10-20-9-12-4-2-1-3-5-12/h1-8,14,17,20-22H,9-11H2/t14-,17-/m0/s1. The Morgan fingerprint density at radius 2 is 1.86 bits per heavy atom. The van der Waals surface area contributed by atoms with Crippen LogP contribution in [0.4, 0.5) is 4.39 Å². The third-order valence-electron chi connectivity index (χ3n) is 3.54. The van der Waals surface area contributed by atoms with Crippen molar-refractivity contribution in [1.29, 1.82) is 0 Å². The summed E-state index contributed by atoms with van der Waals surface area (Å²) in [4.78, 5) is 0. The van der Waals surface area contributed by atoms with Crippen LogP contribution in [0.25, 0.3) is 0 Å². The summed E-state index contributed by atoms with van der Waals surface area (Å²) in [6, 6.07) is 14.0. The van der Waals surface area contributed by atoms with Gasteiger partial charge in [-0.3, -0.25) is 0 Å². The maximum Gasteiger partial charge on any atom is 0.142 e. The summed E-state index contributed by atoms with van der Waals surface area (Å²) in [5.74, 6) is -1.00. The summed E-state index contributed by atoms with van der Waals surface area (Å²) in [6.45, 7) is 0.850. The van der Waals surface area contributed by atoms with E-state index < -0.39 is 17.8 Å². The molecule has 0 spiro atoms. The van der Waals surface area contributed by atoms with Gasteiger partial charge in [0.05, 0.1) is 11.1 Å². The number of aliphatic hydroxyl groups is 2. The molecule has 2 atom stereocenters. The van der Waals surface area contributed by atoms with E-state index >= 15 is 0 Å². The third kappa shape index (κ3) is 4.52. The zero-order chi connectivity index (χ0) is 15.9. The third-order valence-corrected chi connectivity index (χ3v) is 3.85. The highest BCUT2D eigenvalue weighted by molar-refractivity contribution is 6.30. The Kier molecular flexibility index (Phi) is 6.34. The zero-order valence-electron chi connectivity index (χ0n) is 12.0. The van der Waals surface area contributed by atoms with Crippen LogP contribution >= 0.6 is 11.6 Å². The van der Waals surface area contributed by atoms with Gasteiger partial charge >= 0.3 is 0 Å². The summed E-state index contributed by atoms with van der Waals surface area (Å²) in [6.07, 6.45) is -0.958. The van der Waals surface area contributed by atoms with Crippen molar-refractivity contribution in [2.45, 2.75) is 12.6 Å². The predicted molar refractivity (Wildman–Crippen MR) is 85.1 cm³/mol. The fraction of sp³-hybridized carbons (Fsp3) is 0.294. The first-order valence-corrected chi connectivity index (χ1v) is 7.48. The second kappa shape index (κ2) is 8.25. The number of halogens is 2. The van der Waals surface area contributed by atoms with Crippen LogP contribution in [-0.2, 0) is 6.54 Å². The Labute approximate surface area is 134 Å². The van der Waals surface area contributed by atoms with E-state index in [0.717, 1.165) is 5.56 Å². The first-order valence-electron chi connectivity index (χ1n) is 7.10. The highest BCUT2D eigenvalue weighted by Crippen LogP contribution is 2.25. The van der Waals surface area contributed by atoms with Gasteiger partial charge in [0.1, 0.15) is 5.82 Å². The molecule has 2 rings (SSSR count). The highest BCUT2D eigenvalue weighted by atomic mass is 35.5. The monoisotopic (exact) mass is 323 g/mol. The second-order valence-corrected chi connectivity index (χ2v) is 5.58. The Morgan fingerprint density at radius 3 is 2.50 bits per heavy atom. The number of hydrogen-bond donors (Lipinski definition) is 3. The lowest BCUT2D eigenvalue weighted by atomic mass is 9.96. The SMILES string of the molecule is OC[C@H](CNCc1ccccc1)[C@@H](O)c1ccc(Cl)c(F)c1. The highest BCUT2D eigenvalue weighted by Gasteiger charge is 2.21. The van der Waals surface area contributed by atoms with Gasteiger partial charge in [-0.1, -0.05) is 48.0 Å². The molecule has 0 amide bonds. The summed E-state index contributed by atoms with van der Waals surface area (Å²) in [5, 5.41) is 22.9. The van der Waals surface area contributed by atoms with Crippen LogP contribution in [0.15, 0.2) is 48.5 Å². The number of hydrogen-bond acceptors (Lipinski definition) is 3. The van der Waals surface area contributed by atoms with Crippen molar-refractivity contribution in [3.8, 4) is 0 Å². The molecule has 0 radical (unpaired) electrons. The molecule has 3 N–H and O–H groups in total. The molecule has 0 aliphatic rings. The lowest BCUT2D eigenvalue weighted by Gasteiger charge is -2.22. The molecule has 0 fully saturated rings. The molecule has 0 aliphatic heterocycles. The van der Waals surface area contributed by atoms with Gasteiger partial charge in [-0.05, 0) is 23.3 Å². The van der Waals surface area contributed by atoms with Crippen molar-refractivity contribution < 1.29 is 14.6 Å². The van der Waals surface area contributed by atoms with Gasteiger partial charge in [0, 0.05) is 25.6 Å². The largest absolute Gasteiger partial charge is 0.396 e. The molecule has 0 unspecified atom stereocenters. The first-order chi connectivity index (χ1) is 10.6. The van der Waals surface area contributed by atoms with E-state index in [4.69, 9.17) is 11.6 Å². The molecule has 118 valence electrons. The number of rotatable bonds is 7. The van der Waals surface area contributed by atoms with Gasteiger partial charge in [0.15, 0.2) is 0 Å². The van der Waals surface area contributed by atoms with E-state index in [1.54, 1.807) is 6.07 Å². The van der Waals surface area contributed by atoms with Crippen molar-refractivity contribution in [3.63, 3.8) is 0 Å². The van der Waals surface area contributed by atoms with Crippen LogP contribution < -0.4 is 5.32 Å². The average molecular weight is 324 g/mol. The van der Waals surface area contributed by atoms with Crippen LogP contribution in [0.5, 0.6) is 0 Å². The lowest BCUT2D eigenvalue weighted by molar-refractivity contribution is 0.0661. The van der Waals surface area contributed by atoms with Crippen molar-refractivity contribution in [1.82, 2.24) is 5.32 Å². The van der Waals surface area contributed by atoms with Crippen LogP contribution in [0.3, 0.4) is 0 Å². The quantitative estimate of drug-likeness (QED) is 0.734. The minimum atomic E-state index is -0.958. The minimum Gasteiger partial charge on any atom is -0.396 e. The van der Waals surface area contributed by atoms with Crippen LogP contribution in [0.2, 0.25) is 5.02 Å².